The van der Waals surface area contributed by atoms with Gasteiger partial charge in [-0.2, -0.15) is 0 Å². The SMILES string of the molecule is CCCCCCCCCCCCCCCCCCCCCCCCC(=O)OCC(COC(=O)CCCCCCCCC)OC(=O)CCCCCCCCCCCCCCCCCCCCCCC. The highest BCUT2D eigenvalue weighted by Crippen LogP contribution is 2.18. The van der Waals surface area contributed by atoms with Crippen molar-refractivity contribution in [3.05, 3.63) is 0 Å². The topological polar surface area (TPSA) is 78.9 Å². The summed E-state index contributed by atoms with van der Waals surface area (Å²) in [6.45, 7) is 6.68. The fraction of sp³-hybridized carbons (Fsp3) is 0.952. The van der Waals surface area contributed by atoms with Gasteiger partial charge in [-0.15, -0.1) is 0 Å². The number of unbranched alkanes of at least 4 members (excludes halogenated alkanes) is 47. The van der Waals surface area contributed by atoms with Crippen LogP contribution in [0.15, 0.2) is 0 Å². The van der Waals surface area contributed by atoms with Crippen molar-refractivity contribution in [2.24, 2.45) is 0 Å². The molecule has 0 amide bonds. The number of carbonyl (C=O) groups is 3. The molecule has 68 heavy (non-hydrogen) atoms. The maximum Gasteiger partial charge on any atom is 0.306 e. The fourth-order valence-corrected chi connectivity index (χ4v) is 9.68. The van der Waals surface area contributed by atoms with E-state index in [9.17, 15) is 14.4 Å². The maximum absolute atomic E-state index is 12.8. The van der Waals surface area contributed by atoms with Crippen LogP contribution in [0.25, 0.3) is 0 Å². The summed E-state index contributed by atoms with van der Waals surface area (Å²) < 4.78 is 16.8. The first-order chi connectivity index (χ1) is 33.5. The molecule has 404 valence electrons. The van der Waals surface area contributed by atoms with Gasteiger partial charge in [0.1, 0.15) is 13.2 Å². The number of hydrogen-bond acceptors (Lipinski definition) is 6. The van der Waals surface area contributed by atoms with E-state index in [0.29, 0.717) is 19.3 Å². The van der Waals surface area contributed by atoms with Crippen LogP contribution in [0, 0.1) is 0 Å². The molecule has 0 aromatic heterocycles. The van der Waals surface area contributed by atoms with Crippen LogP contribution in [0.5, 0.6) is 0 Å². The van der Waals surface area contributed by atoms with Gasteiger partial charge in [-0.25, -0.2) is 0 Å². The van der Waals surface area contributed by atoms with Crippen LogP contribution < -0.4 is 0 Å². The molecule has 0 radical (unpaired) electrons. The van der Waals surface area contributed by atoms with E-state index in [1.807, 2.05) is 0 Å². The number of rotatable bonds is 58. The zero-order valence-corrected chi connectivity index (χ0v) is 46.4. The zero-order chi connectivity index (χ0) is 49.3. The highest BCUT2D eigenvalue weighted by Gasteiger charge is 2.19. The second kappa shape index (κ2) is 58.0. The summed E-state index contributed by atoms with van der Waals surface area (Å²) in [5.41, 5.74) is 0. The first-order valence-electron chi connectivity index (χ1n) is 31.0. The van der Waals surface area contributed by atoms with Crippen LogP contribution in [0.4, 0.5) is 0 Å². The Morgan fingerprint density at radius 3 is 0.588 bits per heavy atom. The lowest BCUT2D eigenvalue weighted by Gasteiger charge is -2.18. The molecule has 0 bridgehead atoms. The highest BCUT2D eigenvalue weighted by molar-refractivity contribution is 5.71. The van der Waals surface area contributed by atoms with Gasteiger partial charge >= 0.3 is 17.9 Å². The average molecular weight is 962 g/mol. The summed E-state index contributed by atoms with van der Waals surface area (Å²) >= 11 is 0. The molecule has 0 heterocycles. The summed E-state index contributed by atoms with van der Waals surface area (Å²) in [6, 6.07) is 0. The van der Waals surface area contributed by atoms with E-state index in [1.165, 1.54) is 263 Å². The Bertz CT molecular complexity index is 1010. The molecule has 0 N–H and O–H groups in total. The summed E-state index contributed by atoms with van der Waals surface area (Å²) in [5, 5.41) is 0. The molecule has 0 aromatic rings. The first kappa shape index (κ1) is 66.4. The van der Waals surface area contributed by atoms with Gasteiger partial charge in [0.2, 0.25) is 0 Å². The third-order valence-corrected chi connectivity index (χ3v) is 14.4. The zero-order valence-electron chi connectivity index (χ0n) is 46.4. The van der Waals surface area contributed by atoms with Crippen molar-refractivity contribution in [3.8, 4) is 0 Å². The quantitative estimate of drug-likeness (QED) is 0.0343. The normalized spacial score (nSPS) is 11.9. The Morgan fingerprint density at radius 2 is 0.397 bits per heavy atom. The minimum atomic E-state index is -0.760. The predicted octanol–water partition coefficient (Wildman–Crippen LogP) is 20.7. The molecule has 6 nitrogen and oxygen atoms in total. The van der Waals surface area contributed by atoms with E-state index in [0.717, 1.165) is 57.8 Å². The van der Waals surface area contributed by atoms with Crippen molar-refractivity contribution in [2.45, 2.75) is 367 Å². The fourth-order valence-electron chi connectivity index (χ4n) is 9.68. The second-order valence-electron chi connectivity index (χ2n) is 21.3. The minimum absolute atomic E-state index is 0.0616. The van der Waals surface area contributed by atoms with Gasteiger partial charge in [-0.1, -0.05) is 323 Å². The number of carbonyl (C=O) groups excluding carboxylic acids is 3. The molecule has 0 aromatic carbocycles. The lowest BCUT2D eigenvalue weighted by molar-refractivity contribution is -0.167. The number of hydrogen-bond donors (Lipinski definition) is 0. The van der Waals surface area contributed by atoms with Gasteiger partial charge in [-0.05, 0) is 19.3 Å². The van der Waals surface area contributed by atoms with Gasteiger partial charge in [0.05, 0.1) is 0 Å². The third-order valence-electron chi connectivity index (χ3n) is 14.4. The Hall–Kier alpha value is -1.59. The van der Waals surface area contributed by atoms with E-state index in [1.54, 1.807) is 0 Å². The summed E-state index contributed by atoms with van der Waals surface area (Å²) in [6.07, 6.45) is 65.6. The van der Waals surface area contributed by atoms with Crippen molar-refractivity contribution in [1.29, 1.82) is 0 Å². The molecule has 0 fully saturated rings. The molecule has 1 atom stereocenters. The van der Waals surface area contributed by atoms with Crippen molar-refractivity contribution in [3.63, 3.8) is 0 Å². The van der Waals surface area contributed by atoms with Crippen LogP contribution in [0.3, 0.4) is 0 Å². The molecule has 0 saturated heterocycles. The van der Waals surface area contributed by atoms with Gasteiger partial charge in [-0.3, -0.25) is 14.4 Å². The van der Waals surface area contributed by atoms with Crippen LogP contribution in [0.2, 0.25) is 0 Å². The van der Waals surface area contributed by atoms with Crippen LogP contribution >= 0.6 is 0 Å². The van der Waals surface area contributed by atoms with E-state index in [-0.39, 0.29) is 31.1 Å². The van der Waals surface area contributed by atoms with Gasteiger partial charge in [0.15, 0.2) is 6.10 Å². The molecule has 0 aliphatic heterocycles. The predicted molar refractivity (Wildman–Crippen MR) is 294 cm³/mol. The van der Waals surface area contributed by atoms with E-state index in [2.05, 4.69) is 20.8 Å². The summed E-state index contributed by atoms with van der Waals surface area (Å²) in [4.78, 5) is 38.0. The maximum atomic E-state index is 12.8. The Balaban J connectivity index is 4.07. The van der Waals surface area contributed by atoms with Crippen LogP contribution in [-0.4, -0.2) is 37.2 Å². The van der Waals surface area contributed by atoms with Gasteiger partial charge < -0.3 is 14.2 Å². The van der Waals surface area contributed by atoms with E-state index < -0.39 is 6.10 Å². The molecule has 6 heteroatoms. The lowest BCUT2D eigenvalue weighted by Crippen LogP contribution is -2.30. The molecule has 0 rings (SSSR count). The summed E-state index contributed by atoms with van der Waals surface area (Å²) in [7, 11) is 0. The van der Waals surface area contributed by atoms with Crippen molar-refractivity contribution in [1.82, 2.24) is 0 Å². The van der Waals surface area contributed by atoms with Crippen molar-refractivity contribution in [2.75, 3.05) is 13.2 Å². The van der Waals surface area contributed by atoms with Gasteiger partial charge in [0.25, 0.3) is 0 Å². The standard InChI is InChI=1S/C62H120O6/c1-4-7-10-13-16-18-20-22-24-26-28-30-32-33-35-37-39-41-43-46-49-52-55-61(64)67-58-59(57-66-60(63)54-51-48-45-15-12-9-6-3)68-62(65)56-53-50-47-44-42-40-38-36-34-31-29-27-25-23-21-19-17-14-11-8-5-2/h59H,4-58H2,1-3H3. The minimum Gasteiger partial charge on any atom is -0.462 e. The van der Waals surface area contributed by atoms with E-state index in [4.69, 9.17) is 14.2 Å². The Kier molecular flexibility index (Phi) is 56.6. The molecular weight excluding hydrogens is 841 g/mol. The number of ether oxygens (including phenoxy) is 3. The average Bonchev–Trinajstić information content (AvgIpc) is 3.34. The molecule has 0 aliphatic carbocycles. The smallest absolute Gasteiger partial charge is 0.306 e. The van der Waals surface area contributed by atoms with E-state index >= 15 is 0 Å². The van der Waals surface area contributed by atoms with Crippen LogP contribution in [0.1, 0.15) is 361 Å². The first-order valence-corrected chi connectivity index (χ1v) is 31.0. The van der Waals surface area contributed by atoms with Crippen molar-refractivity contribution < 1.29 is 28.6 Å². The molecular formula is C62H120O6. The lowest BCUT2D eigenvalue weighted by atomic mass is 10.0. The highest BCUT2D eigenvalue weighted by atomic mass is 16.6. The van der Waals surface area contributed by atoms with Crippen LogP contribution in [-0.2, 0) is 28.6 Å². The third kappa shape index (κ3) is 55.3. The molecule has 0 saturated carbocycles. The molecule has 0 spiro atoms. The number of esters is 3. The molecule has 1 unspecified atom stereocenters. The summed E-state index contributed by atoms with van der Waals surface area (Å²) in [5.74, 6) is -0.838. The Labute approximate surface area is 425 Å². The largest absolute Gasteiger partial charge is 0.462 e. The Morgan fingerprint density at radius 1 is 0.235 bits per heavy atom. The van der Waals surface area contributed by atoms with Gasteiger partial charge in [0, 0.05) is 19.3 Å². The second-order valence-corrected chi connectivity index (χ2v) is 21.3. The monoisotopic (exact) mass is 961 g/mol. The van der Waals surface area contributed by atoms with Crippen molar-refractivity contribution >= 4 is 17.9 Å². The molecule has 0 aliphatic rings.